The Morgan fingerprint density at radius 1 is 1.13 bits per heavy atom. The molecule has 4 nitrogen and oxygen atoms in total. The van der Waals surface area contributed by atoms with Crippen LogP contribution in [0.25, 0.3) is 0 Å². The minimum atomic E-state index is -0.0250. The van der Waals surface area contributed by atoms with Crippen molar-refractivity contribution >= 4 is 17.5 Å². The maximum atomic E-state index is 13.0. The Bertz CT molecular complexity index is 887. The molecule has 3 rings (SSSR count). The lowest BCUT2D eigenvalue weighted by Crippen LogP contribution is -2.41. The third kappa shape index (κ3) is 6.02. The number of hydrogen-bond donors (Lipinski definition) is 1. The predicted octanol–water partition coefficient (Wildman–Crippen LogP) is 5.87. The molecule has 1 fully saturated rings. The zero-order valence-corrected chi connectivity index (χ0v) is 20.1. The van der Waals surface area contributed by atoms with Crippen LogP contribution in [-0.4, -0.2) is 31.0 Å². The normalized spacial score (nSPS) is 16.4. The van der Waals surface area contributed by atoms with E-state index in [-0.39, 0.29) is 17.9 Å². The summed E-state index contributed by atoms with van der Waals surface area (Å²) in [6, 6.07) is 12.3. The van der Waals surface area contributed by atoms with Crippen LogP contribution in [0, 0.1) is 12.8 Å². The van der Waals surface area contributed by atoms with E-state index in [0.717, 1.165) is 54.4 Å². The molecule has 1 saturated heterocycles. The Kier molecular flexibility index (Phi) is 8.01. The molecule has 1 aliphatic rings. The van der Waals surface area contributed by atoms with Crippen LogP contribution < -0.4 is 10.1 Å². The van der Waals surface area contributed by atoms with Gasteiger partial charge in [0.15, 0.2) is 0 Å². The van der Waals surface area contributed by atoms with Gasteiger partial charge in [0.2, 0.25) is 5.91 Å². The number of piperidine rings is 1. The van der Waals surface area contributed by atoms with Gasteiger partial charge in [-0.1, -0.05) is 37.6 Å². The Balaban J connectivity index is 1.57. The fraction of sp³-hybridized carbons (Fsp3) is 0.500. The van der Waals surface area contributed by atoms with Crippen molar-refractivity contribution < 1.29 is 9.53 Å². The number of likely N-dealkylation sites (tertiary alicyclic amines) is 1. The van der Waals surface area contributed by atoms with Gasteiger partial charge in [0.1, 0.15) is 5.75 Å². The molecule has 0 saturated carbocycles. The average Bonchev–Trinajstić information content (AvgIpc) is 2.75. The number of amides is 1. The zero-order chi connectivity index (χ0) is 22.5. The molecule has 31 heavy (non-hydrogen) atoms. The number of halogens is 1. The van der Waals surface area contributed by atoms with Gasteiger partial charge < -0.3 is 10.1 Å². The topological polar surface area (TPSA) is 41.6 Å². The fourth-order valence-corrected chi connectivity index (χ4v) is 4.55. The van der Waals surface area contributed by atoms with Crippen LogP contribution >= 0.6 is 11.6 Å². The van der Waals surface area contributed by atoms with E-state index < -0.39 is 0 Å². The van der Waals surface area contributed by atoms with Crippen molar-refractivity contribution in [2.24, 2.45) is 5.92 Å². The average molecular weight is 443 g/mol. The van der Waals surface area contributed by atoms with Gasteiger partial charge in [-0.25, -0.2) is 0 Å². The van der Waals surface area contributed by atoms with Crippen molar-refractivity contribution in [2.45, 2.75) is 59.0 Å². The summed E-state index contributed by atoms with van der Waals surface area (Å²) >= 11 is 5.98. The third-order valence-corrected chi connectivity index (χ3v) is 6.60. The molecule has 0 radical (unpaired) electrons. The summed E-state index contributed by atoms with van der Waals surface area (Å²) < 4.78 is 5.56. The summed E-state index contributed by atoms with van der Waals surface area (Å²) in [6.07, 6.45) is 1.79. The Morgan fingerprint density at radius 2 is 1.77 bits per heavy atom. The molecule has 1 N–H and O–H groups in total. The third-order valence-electron chi connectivity index (χ3n) is 6.34. The first-order chi connectivity index (χ1) is 14.8. The second kappa shape index (κ2) is 10.5. The first kappa shape index (κ1) is 23.6. The highest BCUT2D eigenvalue weighted by Gasteiger charge is 2.26. The van der Waals surface area contributed by atoms with Crippen molar-refractivity contribution in [3.05, 3.63) is 63.7 Å². The van der Waals surface area contributed by atoms with E-state index in [9.17, 15) is 4.79 Å². The number of carbonyl (C=O) groups excluding carboxylic acids is 1. The van der Waals surface area contributed by atoms with Gasteiger partial charge in [0.25, 0.3) is 0 Å². The summed E-state index contributed by atoms with van der Waals surface area (Å²) in [7, 11) is 1.71. The van der Waals surface area contributed by atoms with Gasteiger partial charge in [-0.2, -0.15) is 0 Å². The number of aryl methyl sites for hydroxylation is 1. The minimum Gasteiger partial charge on any atom is -0.496 e. The monoisotopic (exact) mass is 442 g/mol. The summed E-state index contributed by atoms with van der Waals surface area (Å²) in [6.45, 7) is 11.3. The first-order valence-corrected chi connectivity index (χ1v) is 11.6. The number of nitrogens with zero attached hydrogens (tertiary/aromatic N) is 1. The Hall–Kier alpha value is -2.04. The predicted molar refractivity (Wildman–Crippen MR) is 128 cm³/mol. The lowest BCUT2D eigenvalue weighted by Gasteiger charge is -2.32. The van der Waals surface area contributed by atoms with Crippen LogP contribution in [0.2, 0.25) is 5.02 Å². The van der Waals surface area contributed by atoms with E-state index in [2.05, 4.69) is 62.2 Å². The quantitative estimate of drug-likeness (QED) is 0.583. The van der Waals surface area contributed by atoms with Gasteiger partial charge >= 0.3 is 0 Å². The van der Waals surface area contributed by atoms with Crippen LogP contribution in [0.5, 0.6) is 5.75 Å². The zero-order valence-electron chi connectivity index (χ0n) is 19.4. The molecule has 1 heterocycles. The summed E-state index contributed by atoms with van der Waals surface area (Å²) in [5.74, 6) is 1.53. The molecule has 5 heteroatoms. The number of ether oxygens (including phenoxy) is 1. The fourth-order valence-electron chi connectivity index (χ4n) is 4.42. The van der Waals surface area contributed by atoms with Crippen LogP contribution in [-0.2, 0) is 11.3 Å². The molecule has 0 unspecified atom stereocenters. The van der Waals surface area contributed by atoms with Crippen molar-refractivity contribution in [3.8, 4) is 5.75 Å². The van der Waals surface area contributed by atoms with E-state index in [1.807, 2.05) is 12.1 Å². The van der Waals surface area contributed by atoms with E-state index in [0.29, 0.717) is 5.92 Å². The summed E-state index contributed by atoms with van der Waals surface area (Å²) in [4.78, 5) is 15.4. The van der Waals surface area contributed by atoms with Crippen LogP contribution in [0.15, 0.2) is 36.4 Å². The molecule has 2 aromatic rings. The number of carbonyl (C=O) groups is 1. The smallest absolute Gasteiger partial charge is 0.223 e. The number of benzene rings is 2. The number of methoxy groups -OCH3 is 1. The molecule has 0 spiro atoms. The van der Waals surface area contributed by atoms with Gasteiger partial charge in [-0.15, -0.1) is 0 Å². The SMILES string of the molecule is COc1cc(C)c([C@@H](C)NC(=O)C2CCN(Cc3ccc(Cl)cc3)CC2)cc1C(C)C. The lowest BCUT2D eigenvalue weighted by atomic mass is 9.92. The molecule has 0 aliphatic carbocycles. The molecule has 1 atom stereocenters. The second-order valence-corrected chi connectivity index (χ2v) is 9.45. The van der Waals surface area contributed by atoms with E-state index in [1.165, 1.54) is 11.1 Å². The maximum absolute atomic E-state index is 13.0. The van der Waals surface area contributed by atoms with Crippen molar-refractivity contribution in [1.82, 2.24) is 10.2 Å². The number of rotatable bonds is 7. The number of nitrogens with one attached hydrogen (secondary N) is 1. The van der Waals surface area contributed by atoms with Crippen molar-refractivity contribution in [1.29, 1.82) is 0 Å². The highest BCUT2D eigenvalue weighted by Crippen LogP contribution is 2.32. The minimum absolute atomic E-state index is 0.0250. The molecule has 1 amide bonds. The molecule has 0 aromatic heterocycles. The molecule has 2 aromatic carbocycles. The van der Waals surface area contributed by atoms with E-state index >= 15 is 0 Å². The van der Waals surface area contributed by atoms with Crippen molar-refractivity contribution in [2.75, 3.05) is 20.2 Å². The molecule has 1 aliphatic heterocycles. The highest BCUT2D eigenvalue weighted by atomic mass is 35.5. The lowest BCUT2D eigenvalue weighted by molar-refractivity contribution is -0.127. The highest BCUT2D eigenvalue weighted by molar-refractivity contribution is 6.30. The molecule has 0 bridgehead atoms. The Morgan fingerprint density at radius 3 is 2.35 bits per heavy atom. The summed E-state index contributed by atoms with van der Waals surface area (Å²) in [5, 5.41) is 4.03. The standard InChI is InChI=1S/C26H35ClN2O2/c1-17(2)23-15-24(18(3)14-25(23)31-5)19(4)28-26(30)21-10-12-29(13-11-21)16-20-6-8-22(27)9-7-20/h6-9,14-15,17,19,21H,10-13,16H2,1-5H3,(H,28,30)/t19-/m1/s1. The molecular formula is C26H35ClN2O2. The van der Waals surface area contributed by atoms with Gasteiger partial charge in [0.05, 0.1) is 13.2 Å². The van der Waals surface area contributed by atoms with E-state index in [4.69, 9.17) is 16.3 Å². The maximum Gasteiger partial charge on any atom is 0.223 e. The van der Waals surface area contributed by atoms with Gasteiger partial charge in [-0.05, 0) is 92.2 Å². The van der Waals surface area contributed by atoms with Crippen molar-refractivity contribution in [3.63, 3.8) is 0 Å². The first-order valence-electron chi connectivity index (χ1n) is 11.2. The second-order valence-electron chi connectivity index (χ2n) is 9.01. The van der Waals surface area contributed by atoms with Crippen LogP contribution in [0.4, 0.5) is 0 Å². The van der Waals surface area contributed by atoms with Crippen LogP contribution in [0.3, 0.4) is 0 Å². The van der Waals surface area contributed by atoms with Gasteiger partial charge in [-0.3, -0.25) is 9.69 Å². The molecule has 168 valence electrons. The number of hydrogen-bond acceptors (Lipinski definition) is 3. The molecular weight excluding hydrogens is 408 g/mol. The van der Waals surface area contributed by atoms with Gasteiger partial charge in [0, 0.05) is 17.5 Å². The summed E-state index contributed by atoms with van der Waals surface area (Å²) in [5.41, 5.74) is 4.75. The largest absolute Gasteiger partial charge is 0.496 e. The van der Waals surface area contributed by atoms with E-state index in [1.54, 1.807) is 7.11 Å². The Labute approximate surface area is 191 Å². The van der Waals surface area contributed by atoms with Crippen LogP contribution in [0.1, 0.15) is 67.8 Å².